The van der Waals surface area contributed by atoms with Crippen molar-refractivity contribution in [3.05, 3.63) is 29.6 Å². The molecule has 2 aliphatic heterocycles. The minimum Gasteiger partial charge on any atom is -0.373 e. The van der Waals surface area contributed by atoms with E-state index in [-0.39, 0.29) is 17.9 Å². The normalized spacial score (nSPS) is 27.2. The fraction of sp³-hybridized carbons (Fsp3) is 0.600. The second kappa shape index (κ2) is 5.79. The lowest BCUT2D eigenvalue weighted by atomic mass is 9.89. The van der Waals surface area contributed by atoms with Crippen LogP contribution in [0.2, 0.25) is 0 Å². The molecule has 0 aliphatic carbocycles. The molecule has 0 bridgehead atoms. The van der Waals surface area contributed by atoms with Crippen molar-refractivity contribution in [1.82, 2.24) is 15.1 Å². The van der Waals surface area contributed by atoms with E-state index in [2.05, 4.69) is 23.2 Å². The zero-order valence-corrected chi connectivity index (χ0v) is 11.8. The van der Waals surface area contributed by atoms with Crippen molar-refractivity contribution in [2.24, 2.45) is 5.92 Å². The number of rotatable bonds is 2. The van der Waals surface area contributed by atoms with Gasteiger partial charge in [-0.05, 0) is 26.2 Å². The van der Waals surface area contributed by atoms with Crippen LogP contribution < -0.4 is 0 Å². The monoisotopic (exact) mass is 275 g/mol. The molecule has 20 heavy (non-hydrogen) atoms. The summed E-state index contributed by atoms with van der Waals surface area (Å²) in [6, 6.07) is 0. The standard InChI is InChI=1S/C15H21N3O2/c1-11-4-2-6-18(10-11)15(19)13-5-3-7-20-14(13)12-8-16-17-9-12/h4,8-9,13-14H,2-3,5-7,10H2,1H3,(H,16,17)/t13-,14+/m1/s1. The Morgan fingerprint density at radius 2 is 2.45 bits per heavy atom. The van der Waals surface area contributed by atoms with Crippen molar-refractivity contribution in [3.8, 4) is 0 Å². The number of nitrogens with zero attached hydrogens (tertiary/aromatic N) is 2. The number of aromatic amines is 1. The molecule has 0 spiro atoms. The number of carbonyl (C=O) groups excluding carboxylic acids is 1. The molecule has 1 aromatic heterocycles. The first-order valence-corrected chi connectivity index (χ1v) is 7.30. The number of H-pyrrole nitrogens is 1. The van der Waals surface area contributed by atoms with E-state index < -0.39 is 0 Å². The molecule has 1 saturated heterocycles. The van der Waals surface area contributed by atoms with Gasteiger partial charge in [-0.1, -0.05) is 11.6 Å². The average Bonchev–Trinajstić information content (AvgIpc) is 3.00. The van der Waals surface area contributed by atoms with Gasteiger partial charge >= 0.3 is 0 Å². The van der Waals surface area contributed by atoms with Crippen LogP contribution in [0.25, 0.3) is 0 Å². The molecule has 5 heteroatoms. The molecule has 3 heterocycles. The van der Waals surface area contributed by atoms with Crippen molar-refractivity contribution >= 4 is 5.91 Å². The number of hydrogen-bond acceptors (Lipinski definition) is 3. The van der Waals surface area contributed by atoms with E-state index in [9.17, 15) is 4.79 Å². The number of hydrogen-bond donors (Lipinski definition) is 1. The summed E-state index contributed by atoms with van der Waals surface area (Å²) in [7, 11) is 0. The van der Waals surface area contributed by atoms with Crippen LogP contribution in [0.3, 0.4) is 0 Å². The van der Waals surface area contributed by atoms with E-state index in [0.717, 1.165) is 44.5 Å². The molecule has 0 aromatic carbocycles. The summed E-state index contributed by atoms with van der Waals surface area (Å²) in [5.74, 6) is 0.149. The zero-order chi connectivity index (χ0) is 13.9. The fourth-order valence-electron chi connectivity index (χ4n) is 3.11. The SMILES string of the molecule is CC1=CCCN(C(=O)[C@@H]2CCCO[C@H]2c2cn[nH]c2)C1. The van der Waals surface area contributed by atoms with Gasteiger partial charge in [0.05, 0.1) is 18.2 Å². The molecule has 3 rings (SSSR count). The quantitative estimate of drug-likeness (QED) is 0.840. The highest BCUT2D eigenvalue weighted by molar-refractivity contribution is 5.80. The fourth-order valence-corrected chi connectivity index (χ4v) is 3.11. The van der Waals surface area contributed by atoms with Gasteiger partial charge in [-0.2, -0.15) is 5.10 Å². The van der Waals surface area contributed by atoms with Gasteiger partial charge in [0, 0.05) is 31.5 Å². The molecule has 2 aliphatic rings. The lowest BCUT2D eigenvalue weighted by Gasteiger charge is -2.35. The van der Waals surface area contributed by atoms with Gasteiger partial charge in [0.1, 0.15) is 0 Å². The molecule has 1 fully saturated rings. The highest BCUT2D eigenvalue weighted by atomic mass is 16.5. The second-order valence-corrected chi connectivity index (χ2v) is 5.67. The number of nitrogens with one attached hydrogen (secondary N) is 1. The highest BCUT2D eigenvalue weighted by Crippen LogP contribution is 2.34. The van der Waals surface area contributed by atoms with Crippen LogP contribution >= 0.6 is 0 Å². The highest BCUT2D eigenvalue weighted by Gasteiger charge is 2.36. The van der Waals surface area contributed by atoms with Crippen molar-refractivity contribution in [2.45, 2.75) is 32.3 Å². The summed E-state index contributed by atoms with van der Waals surface area (Å²) < 4.78 is 5.85. The van der Waals surface area contributed by atoms with E-state index in [0.29, 0.717) is 0 Å². The predicted octanol–water partition coefficient (Wildman–Crippen LogP) is 2.06. The Morgan fingerprint density at radius 3 is 3.20 bits per heavy atom. The van der Waals surface area contributed by atoms with Crippen LogP contribution in [0, 0.1) is 5.92 Å². The zero-order valence-electron chi connectivity index (χ0n) is 11.8. The first-order chi connectivity index (χ1) is 9.75. The van der Waals surface area contributed by atoms with E-state index in [1.807, 2.05) is 11.1 Å². The molecule has 1 N–H and O–H groups in total. The number of amides is 1. The van der Waals surface area contributed by atoms with Gasteiger partial charge < -0.3 is 9.64 Å². The minimum atomic E-state index is -0.152. The smallest absolute Gasteiger partial charge is 0.228 e. The Balaban J connectivity index is 1.76. The maximum Gasteiger partial charge on any atom is 0.228 e. The van der Waals surface area contributed by atoms with Gasteiger partial charge in [-0.3, -0.25) is 9.89 Å². The first kappa shape index (κ1) is 13.4. The summed E-state index contributed by atoms with van der Waals surface area (Å²) in [6.45, 7) is 4.39. The van der Waals surface area contributed by atoms with Crippen molar-refractivity contribution in [2.75, 3.05) is 19.7 Å². The third kappa shape index (κ3) is 2.63. The van der Waals surface area contributed by atoms with E-state index in [1.165, 1.54) is 5.57 Å². The third-order valence-electron chi connectivity index (χ3n) is 4.13. The number of aromatic nitrogens is 2. The van der Waals surface area contributed by atoms with Crippen molar-refractivity contribution < 1.29 is 9.53 Å². The van der Waals surface area contributed by atoms with Gasteiger partial charge in [0.2, 0.25) is 5.91 Å². The molecule has 0 unspecified atom stereocenters. The van der Waals surface area contributed by atoms with Gasteiger partial charge in [0.15, 0.2) is 0 Å². The molecular formula is C15H21N3O2. The maximum atomic E-state index is 12.8. The predicted molar refractivity (Wildman–Crippen MR) is 75.0 cm³/mol. The molecule has 2 atom stereocenters. The van der Waals surface area contributed by atoms with Crippen LogP contribution in [0.5, 0.6) is 0 Å². The lowest BCUT2D eigenvalue weighted by molar-refractivity contribution is -0.145. The Morgan fingerprint density at radius 1 is 1.55 bits per heavy atom. The maximum absolute atomic E-state index is 12.8. The van der Waals surface area contributed by atoms with Crippen molar-refractivity contribution in [3.63, 3.8) is 0 Å². The Labute approximate surface area is 119 Å². The van der Waals surface area contributed by atoms with Crippen LogP contribution in [-0.4, -0.2) is 40.7 Å². The molecule has 1 aromatic rings. The lowest BCUT2D eigenvalue weighted by Crippen LogP contribution is -2.43. The molecule has 5 nitrogen and oxygen atoms in total. The molecule has 1 amide bonds. The third-order valence-corrected chi connectivity index (χ3v) is 4.13. The number of ether oxygens (including phenoxy) is 1. The average molecular weight is 275 g/mol. The first-order valence-electron chi connectivity index (χ1n) is 7.30. The minimum absolute atomic E-state index is 0.0766. The molecular weight excluding hydrogens is 254 g/mol. The topological polar surface area (TPSA) is 58.2 Å². The van der Waals surface area contributed by atoms with Gasteiger partial charge in [-0.15, -0.1) is 0 Å². The van der Waals surface area contributed by atoms with Crippen molar-refractivity contribution in [1.29, 1.82) is 0 Å². The largest absolute Gasteiger partial charge is 0.373 e. The summed E-state index contributed by atoms with van der Waals surface area (Å²) in [4.78, 5) is 14.8. The van der Waals surface area contributed by atoms with Crippen LogP contribution in [0.15, 0.2) is 24.0 Å². The Bertz CT molecular complexity index is 495. The molecule has 0 saturated carbocycles. The Hall–Kier alpha value is -1.62. The molecule has 0 radical (unpaired) electrons. The van der Waals surface area contributed by atoms with Gasteiger partial charge in [-0.25, -0.2) is 0 Å². The van der Waals surface area contributed by atoms with Gasteiger partial charge in [0.25, 0.3) is 0 Å². The van der Waals surface area contributed by atoms with E-state index >= 15 is 0 Å². The van der Waals surface area contributed by atoms with Crippen LogP contribution in [-0.2, 0) is 9.53 Å². The summed E-state index contributed by atoms with van der Waals surface area (Å²) in [5.41, 5.74) is 2.26. The molecule has 108 valence electrons. The summed E-state index contributed by atoms with van der Waals surface area (Å²) in [5, 5.41) is 6.79. The van der Waals surface area contributed by atoms with E-state index in [1.54, 1.807) is 6.20 Å². The summed E-state index contributed by atoms with van der Waals surface area (Å²) in [6.07, 6.45) is 8.47. The Kier molecular flexibility index (Phi) is 3.87. The van der Waals surface area contributed by atoms with Crippen LogP contribution in [0.1, 0.15) is 37.9 Å². The number of carbonyl (C=O) groups is 1. The summed E-state index contributed by atoms with van der Waals surface area (Å²) >= 11 is 0. The van der Waals surface area contributed by atoms with E-state index in [4.69, 9.17) is 4.74 Å². The van der Waals surface area contributed by atoms with Crippen LogP contribution in [0.4, 0.5) is 0 Å². The second-order valence-electron chi connectivity index (χ2n) is 5.67.